The fraction of sp³-hybridized carbons (Fsp3) is 0.750. The van der Waals surface area contributed by atoms with Crippen LogP contribution in [0.2, 0.25) is 0 Å². The topological polar surface area (TPSA) is 17.1 Å². The first-order chi connectivity index (χ1) is 2.56. The van der Waals surface area contributed by atoms with E-state index in [0.29, 0.717) is 0 Å². The highest BCUT2D eigenvalue weighted by atomic mass is 16.1. The van der Waals surface area contributed by atoms with Gasteiger partial charge in [-0.3, -0.25) is 4.48 Å². The molecule has 0 N–H and O–H groups in total. The minimum absolute atomic E-state index is 0.264. The maximum atomic E-state index is 9.67. The Hall–Kier alpha value is -0.370. The maximum absolute atomic E-state index is 9.67. The summed E-state index contributed by atoms with van der Waals surface area (Å²) in [6, 6.07) is 0. The van der Waals surface area contributed by atoms with Gasteiger partial charge in [-0.1, -0.05) is 0 Å². The first kappa shape index (κ1) is 5.63. The molecule has 2 nitrogen and oxygen atoms in total. The molecule has 0 aromatic heterocycles. The number of rotatable bonds is 1. The summed E-state index contributed by atoms with van der Waals surface area (Å²) in [5.41, 5.74) is 0. The Labute approximate surface area is 38.0 Å². The maximum Gasteiger partial charge on any atom is 0.442 e. The summed E-state index contributed by atoms with van der Waals surface area (Å²) in [6.07, 6.45) is 1.79. The Bertz CT molecular complexity index is 53.1. The quantitative estimate of drug-likeness (QED) is 0.403. The van der Waals surface area contributed by atoms with Gasteiger partial charge in [-0.25, -0.2) is 4.79 Å². The molecule has 0 rings (SSSR count). The SMILES string of the molecule is C[N+](C)(C)[C]=O. The van der Waals surface area contributed by atoms with E-state index in [0.717, 1.165) is 0 Å². The second-order valence-corrected chi connectivity index (χ2v) is 2.10. The molecule has 0 saturated carbocycles. The molecule has 0 bridgehead atoms. The highest BCUT2D eigenvalue weighted by Gasteiger charge is 2.02. The van der Waals surface area contributed by atoms with E-state index in [4.69, 9.17) is 0 Å². The number of hydrogen-bond acceptors (Lipinski definition) is 1. The van der Waals surface area contributed by atoms with Crippen molar-refractivity contribution < 1.29 is 9.28 Å². The van der Waals surface area contributed by atoms with Crippen molar-refractivity contribution in [2.75, 3.05) is 21.1 Å². The van der Waals surface area contributed by atoms with Crippen LogP contribution in [-0.4, -0.2) is 32.0 Å². The van der Waals surface area contributed by atoms with Crippen molar-refractivity contribution in [3.05, 3.63) is 0 Å². The second-order valence-electron chi connectivity index (χ2n) is 2.10. The van der Waals surface area contributed by atoms with Crippen LogP contribution < -0.4 is 0 Å². The van der Waals surface area contributed by atoms with Crippen LogP contribution in [0.25, 0.3) is 0 Å². The van der Waals surface area contributed by atoms with Crippen molar-refractivity contribution >= 4 is 6.41 Å². The van der Waals surface area contributed by atoms with Crippen LogP contribution in [0, 0.1) is 0 Å². The van der Waals surface area contributed by atoms with Crippen molar-refractivity contribution in [2.24, 2.45) is 0 Å². The third-order valence-corrected chi connectivity index (χ3v) is 0.274. The molecule has 2 heteroatoms. The van der Waals surface area contributed by atoms with Gasteiger partial charge in [0.05, 0.1) is 21.1 Å². The third-order valence-electron chi connectivity index (χ3n) is 0.274. The molecule has 0 heterocycles. The van der Waals surface area contributed by atoms with E-state index in [1.54, 1.807) is 27.6 Å². The summed E-state index contributed by atoms with van der Waals surface area (Å²) in [5.74, 6) is 0. The molecule has 1 radical (unpaired) electrons. The predicted molar refractivity (Wildman–Crippen MR) is 23.7 cm³/mol. The van der Waals surface area contributed by atoms with E-state index < -0.39 is 0 Å². The summed E-state index contributed by atoms with van der Waals surface area (Å²) in [5, 5.41) is 0. The van der Waals surface area contributed by atoms with Gasteiger partial charge in [-0.15, -0.1) is 0 Å². The van der Waals surface area contributed by atoms with Crippen LogP contribution in [0.1, 0.15) is 0 Å². The molecular formula is C4H9NO+. The Morgan fingerprint density at radius 1 is 1.33 bits per heavy atom. The molecule has 0 aliphatic heterocycles. The summed E-state index contributed by atoms with van der Waals surface area (Å²) in [6.45, 7) is 0. The Kier molecular flexibility index (Phi) is 1.30. The fourth-order valence-corrected chi connectivity index (χ4v) is 0. The van der Waals surface area contributed by atoms with Crippen LogP contribution in [0.15, 0.2) is 0 Å². The molecule has 0 spiro atoms. The van der Waals surface area contributed by atoms with E-state index in [1.165, 1.54) is 0 Å². The zero-order chi connectivity index (χ0) is 5.21. The largest absolute Gasteiger partial charge is 0.442 e. The van der Waals surface area contributed by atoms with Crippen LogP contribution >= 0.6 is 0 Å². The standard InChI is InChI=1S/C4H9NO/c1-5(2,3)4-6/h1-3H3/q+1. The molecule has 1 amide bonds. The van der Waals surface area contributed by atoms with Gasteiger partial charge < -0.3 is 0 Å². The van der Waals surface area contributed by atoms with Crippen molar-refractivity contribution in [2.45, 2.75) is 0 Å². The van der Waals surface area contributed by atoms with E-state index in [1.807, 2.05) is 0 Å². The van der Waals surface area contributed by atoms with Crippen LogP contribution in [0.5, 0.6) is 0 Å². The van der Waals surface area contributed by atoms with Gasteiger partial charge in [0, 0.05) is 0 Å². The van der Waals surface area contributed by atoms with Gasteiger partial charge in [0.1, 0.15) is 0 Å². The lowest BCUT2D eigenvalue weighted by Gasteiger charge is -2.08. The van der Waals surface area contributed by atoms with E-state index in [-0.39, 0.29) is 4.48 Å². The minimum atomic E-state index is 0.264. The first-order valence-electron chi connectivity index (χ1n) is 1.77. The molecule has 0 aliphatic rings. The Balaban J connectivity index is 3.45. The van der Waals surface area contributed by atoms with Gasteiger partial charge >= 0.3 is 6.41 Å². The molecular weight excluding hydrogens is 78.0 g/mol. The number of carbonyl (C=O) groups excluding carboxylic acids is 1. The van der Waals surface area contributed by atoms with Crippen LogP contribution in [0.4, 0.5) is 0 Å². The van der Waals surface area contributed by atoms with Crippen LogP contribution in [0.3, 0.4) is 0 Å². The average Bonchev–Trinajstić information content (AvgIpc) is 1.35. The second kappa shape index (κ2) is 1.39. The number of hydrogen-bond donors (Lipinski definition) is 0. The number of quaternary nitrogens is 1. The normalized spacial score (nSPS) is 11.2. The highest BCUT2D eigenvalue weighted by Crippen LogP contribution is 1.76. The summed E-state index contributed by atoms with van der Waals surface area (Å²) in [4.78, 5) is 9.67. The minimum Gasteiger partial charge on any atom is -0.255 e. The van der Waals surface area contributed by atoms with Crippen LogP contribution in [-0.2, 0) is 4.79 Å². The van der Waals surface area contributed by atoms with Crippen molar-refractivity contribution in [3.8, 4) is 0 Å². The smallest absolute Gasteiger partial charge is 0.255 e. The average molecular weight is 87.1 g/mol. The van der Waals surface area contributed by atoms with E-state index in [2.05, 4.69) is 0 Å². The lowest BCUT2D eigenvalue weighted by Crippen LogP contribution is -2.31. The van der Waals surface area contributed by atoms with E-state index in [9.17, 15) is 4.79 Å². The molecule has 0 aromatic carbocycles. The third kappa shape index (κ3) is 3.63. The van der Waals surface area contributed by atoms with Gasteiger partial charge in [-0.2, -0.15) is 0 Å². The zero-order valence-electron chi connectivity index (χ0n) is 4.36. The molecule has 6 heavy (non-hydrogen) atoms. The Morgan fingerprint density at radius 3 is 1.50 bits per heavy atom. The molecule has 0 atom stereocenters. The highest BCUT2D eigenvalue weighted by molar-refractivity contribution is 5.37. The molecule has 0 unspecified atom stereocenters. The van der Waals surface area contributed by atoms with Gasteiger partial charge in [-0.05, 0) is 0 Å². The molecule has 0 aliphatic carbocycles. The number of nitrogens with zero attached hydrogens (tertiary/aromatic N) is 1. The predicted octanol–water partition coefficient (Wildman–Crippen LogP) is -0.240. The molecule has 35 valence electrons. The summed E-state index contributed by atoms with van der Waals surface area (Å²) >= 11 is 0. The van der Waals surface area contributed by atoms with Crippen molar-refractivity contribution in [3.63, 3.8) is 0 Å². The lowest BCUT2D eigenvalue weighted by molar-refractivity contribution is -0.773. The van der Waals surface area contributed by atoms with Gasteiger partial charge in [0.25, 0.3) is 0 Å². The van der Waals surface area contributed by atoms with Crippen molar-refractivity contribution in [1.82, 2.24) is 0 Å². The number of amides is 1. The molecule has 0 aromatic rings. The monoisotopic (exact) mass is 87.1 g/mol. The molecule has 0 saturated heterocycles. The lowest BCUT2D eigenvalue weighted by atomic mass is 10.8. The zero-order valence-corrected chi connectivity index (χ0v) is 4.36. The fourth-order valence-electron chi connectivity index (χ4n) is 0. The van der Waals surface area contributed by atoms with E-state index >= 15 is 0 Å². The molecule has 0 fully saturated rings. The Morgan fingerprint density at radius 2 is 1.50 bits per heavy atom. The summed E-state index contributed by atoms with van der Waals surface area (Å²) in [7, 11) is 5.27. The first-order valence-corrected chi connectivity index (χ1v) is 1.77. The van der Waals surface area contributed by atoms with Gasteiger partial charge in [0.2, 0.25) is 0 Å². The van der Waals surface area contributed by atoms with Gasteiger partial charge in [0.15, 0.2) is 0 Å². The summed E-state index contributed by atoms with van der Waals surface area (Å²) < 4.78 is 0.264. The van der Waals surface area contributed by atoms with Crippen molar-refractivity contribution in [1.29, 1.82) is 0 Å².